The number of ether oxygens (including phenoxy) is 1. The van der Waals surface area contributed by atoms with Gasteiger partial charge in [0.2, 0.25) is 5.89 Å². The molecule has 3 rings (SSSR count). The first-order chi connectivity index (χ1) is 9.29. The van der Waals surface area contributed by atoms with Crippen molar-refractivity contribution < 1.29 is 13.9 Å². The summed E-state index contributed by atoms with van der Waals surface area (Å²) in [5.41, 5.74) is 1.27. The van der Waals surface area contributed by atoms with E-state index in [9.17, 15) is 4.79 Å². The molecule has 1 heterocycles. The summed E-state index contributed by atoms with van der Waals surface area (Å²) >= 11 is 0. The fourth-order valence-electron chi connectivity index (χ4n) is 2.20. The van der Waals surface area contributed by atoms with Gasteiger partial charge in [-0.25, -0.2) is 4.79 Å². The van der Waals surface area contributed by atoms with E-state index in [2.05, 4.69) is 22.3 Å². The second-order valence-corrected chi connectivity index (χ2v) is 4.53. The van der Waals surface area contributed by atoms with Crippen molar-refractivity contribution in [2.24, 2.45) is 0 Å². The standard InChI is InChI=1S/C14H14N2O3/c1-2-18-14(17)13-16-15-12(19-13)11-8-10(11)9-6-4-3-5-7-9/h3-7,10-11H,2,8H2,1H3. The van der Waals surface area contributed by atoms with Crippen LogP contribution in [-0.4, -0.2) is 22.8 Å². The van der Waals surface area contributed by atoms with Crippen molar-refractivity contribution in [3.8, 4) is 0 Å². The van der Waals surface area contributed by atoms with Gasteiger partial charge in [0.15, 0.2) is 0 Å². The Morgan fingerprint density at radius 2 is 2.11 bits per heavy atom. The summed E-state index contributed by atoms with van der Waals surface area (Å²) < 4.78 is 10.2. The van der Waals surface area contributed by atoms with Crippen molar-refractivity contribution in [1.29, 1.82) is 0 Å². The maximum atomic E-state index is 11.4. The molecule has 0 saturated heterocycles. The van der Waals surface area contributed by atoms with Crippen LogP contribution >= 0.6 is 0 Å². The molecule has 19 heavy (non-hydrogen) atoms. The van der Waals surface area contributed by atoms with Crippen LogP contribution in [0.4, 0.5) is 0 Å². The molecule has 5 heteroatoms. The topological polar surface area (TPSA) is 65.2 Å². The summed E-state index contributed by atoms with van der Waals surface area (Å²) in [6, 6.07) is 10.2. The highest BCUT2D eigenvalue weighted by atomic mass is 16.5. The highest BCUT2D eigenvalue weighted by molar-refractivity contribution is 5.83. The van der Waals surface area contributed by atoms with Crippen molar-refractivity contribution in [1.82, 2.24) is 10.2 Å². The minimum atomic E-state index is -0.557. The fraction of sp³-hybridized carbons (Fsp3) is 0.357. The molecule has 1 aliphatic rings. The highest BCUT2D eigenvalue weighted by Crippen LogP contribution is 2.53. The Bertz CT molecular complexity index is 579. The Morgan fingerprint density at radius 3 is 2.84 bits per heavy atom. The van der Waals surface area contributed by atoms with Gasteiger partial charge < -0.3 is 9.15 Å². The lowest BCUT2D eigenvalue weighted by Crippen LogP contribution is -2.04. The van der Waals surface area contributed by atoms with Crippen LogP contribution in [0.25, 0.3) is 0 Å². The SMILES string of the molecule is CCOC(=O)c1nnc(C2CC2c2ccccc2)o1. The number of hydrogen-bond donors (Lipinski definition) is 0. The van der Waals surface area contributed by atoms with E-state index in [0.29, 0.717) is 18.4 Å². The molecule has 0 spiro atoms. The van der Waals surface area contributed by atoms with E-state index in [1.807, 2.05) is 18.2 Å². The molecular formula is C14H14N2O3. The summed E-state index contributed by atoms with van der Waals surface area (Å²) in [6.07, 6.45) is 0.981. The van der Waals surface area contributed by atoms with Gasteiger partial charge in [-0.3, -0.25) is 0 Å². The molecule has 0 aliphatic heterocycles. The normalized spacial score (nSPS) is 21.1. The summed E-state index contributed by atoms with van der Waals surface area (Å²) in [4.78, 5) is 11.4. The molecular weight excluding hydrogens is 244 g/mol. The van der Waals surface area contributed by atoms with Gasteiger partial charge in [0, 0.05) is 5.92 Å². The van der Waals surface area contributed by atoms with E-state index < -0.39 is 5.97 Å². The average Bonchev–Trinajstić information content (AvgIpc) is 3.09. The number of rotatable bonds is 4. The molecule has 1 saturated carbocycles. The molecule has 5 nitrogen and oxygen atoms in total. The van der Waals surface area contributed by atoms with E-state index >= 15 is 0 Å². The quantitative estimate of drug-likeness (QED) is 0.788. The molecule has 0 amide bonds. The summed E-state index contributed by atoms with van der Waals surface area (Å²) in [5.74, 6) is 0.542. The van der Waals surface area contributed by atoms with Gasteiger partial charge in [-0.2, -0.15) is 0 Å². The molecule has 0 radical (unpaired) electrons. The van der Waals surface area contributed by atoms with E-state index in [4.69, 9.17) is 9.15 Å². The number of benzene rings is 1. The Kier molecular flexibility index (Phi) is 3.03. The molecule has 1 fully saturated rings. The van der Waals surface area contributed by atoms with Crippen LogP contribution in [0.3, 0.4) is 0 Å². The fourth-order valence-corrected chi connectivity index (χ4v) is 2.20. The second-order valence-electron chi connectivity index (χ2n) is 4.53. The smallest absolute Gasteiger partial charge is 0.396 e. The first kappa shape index (κ1) is 11.9. The summed E-state index contributed by atoms with van der Waals surface area (Å²) in [7, 11) is 0. The monoisotopic (exact) mass is 258 g/mol. The molecule has 98 valence electrons. The molecule has 2 atom stereocenters. The first-order valence-corrected chi connectivity index (χ1v) is 6.35. The molecule has 1 aromatic carbocycles. The third-order valence-corrected chi connectivity index (χ3v) is 3.23. The Balaban J connectivity index is 1.71. The van der Waals surface area contributed by atoms with Crippen LogP contribution in [0.15, 0.2) is 34.7 Å². The molecule has 2 unspecified atom stereocenters. The van der Waals surface area contributed by atoms with Gasteiger partial charge >= 0.3 is 11.9 Å². The molecule has 0 bridgehead atoms. The molecule has 1 aromatic heterocycles. The number of nitrogens with zero attached hydrogens (tertiary/aromatic N) is 2. The number of carbonyl (C=O) groups is 1. The van der Waals surface area contributed by atoms with E-state index in [-0.39, 0.29) is 11.8 Å². The first-order valence-electron chi connectivity index (χ1n) is 6.35. The minimum Gasteiger partial charge on any atom is -0.459 e. The average molecular weight is 258 g/mol. The van der Waals surface area contributed by atoms with Crippen molar-refractivity contribution in [2.45, 2.75) is 25.2 Å². The summed E-state index contributed by atoms with van der Waals surface area (Å²) in [5, 5.41) is 7.67. The number of aromatic nitrogens is 2. The van der Waals surface area contributed by atoms with E-state index in [1.54, 1.807) is 6.92 Å². The Morgan fingerprint density at radius 1 is 1.32 bits per heavy atom. The van der Waals surface area contributed by atoms with Crippen molar-refractivity contribution in [3.63, 3.8) is 0 Å². The number of carbonyl (C=O) groups excluding carboxylic acids is 1. The van der Waals surface area contributed by atoms with E-state index in [0.717, 1.165) is 6.42 Å². The van der Waals surface area contributed by atoms with Crippen LogP contribution in [0.2, 0.25) is 0 Å². The van der Waals surface area contributed by atoms with Crippen LogP contribution in [0.5, 0.6) is 0 Å². The van der Waals surface area contributed by atoms with Crippen molar-refractivity contribution in [3.05, 3.63) is 47.7 Å². The number of hydrogen-bond acceptors (Lipinski definition) is 5. The summed E-state index contributed by atoms with van der Waals surface area (Å²) in [6.45, 7) is 2.04. The van der Waals surface area contributed by atoms with E-state index in [1.165, 1.54) is 5.56 Å². The maximum absolute atomic E-state index is 11.4. The Hall–Kier alpha value is -2.17. The lowest BCUT2D eigenvalue weighted by Gasteiger charge is -1.97. The van der Waals surface area contributed by atoms with Gasteiger partial charge in [0.05, 0.1) is 6.61 Å². The minimum absolute atomic E-state index is 0.0597. The molecule has 0 N–H and O–H groups in total. The van der Waals surface area contributed by atoms with Gasteiger partial charge in [-0.1, -0.05) is 30.3 Å². The van der Waals surface area contributed by atoms with Crippen LogP contribution in [0, 0.1) is 0 Å². The second kappa shape index (κ2) is 4.84. The van der Waals surface area contributed by atoms with Crippen molar-refractivity contribution in [2.75, 3.05) is 6.61 Å². The molecule has 2 aromatic rings. The van der Waals surface area contributed by atoms with Gasteiger partial charge in [0.25, 0.3) is 0 Å². The maximum Gasteiger partial charge on any atom is 0.396 e. The van der Waals surface area contributed by atoms with Gasteiger partial charge in [-0.15, -0.1) is 10.2 Å². The van der Waals surface area contributed by atoms with Crippen molar-refractivity contribution >= 4 is 5.97 Å². The molecule has 1 aliphatic carbocycles. The zero-order valence-corrected chi connectivity index (χ0v) is 10.6. The largest absolute Gasteiger partial charge is 0.459 e. The third kappa shape index (κ3) is 2.36. The van der Waals surface area contributed by atoms with Crippen LogP contribution < -0.4 is 0 Å². The number of esters is 1. The van der Waals surface area contributed by atoms with Crippen LogP contribution in [0.1, 0.15) is 47.3 Å². The highest BCUT2D eigenvalue weighted by Gasteiger charge is 2.43. The Labute approximate surface area is 110 Å². The lowest BCUT2D eigenvalue weighted by molar-refractivity contribution is 0.0478. The van der Waals surface area contributed by atoms with Gasteiger partial charge in [-0.05, 0) is 24.8 Å². The van der Waals surface area contributed by atoms with Crippen LogP contribution in [-0.2, 0) is 4.74 Å². The third-order valence-electron chi connectivity index (χ3n) is 3.23. The van der Waals surface area contributed by atoms with Gasteiger partial charge in [0.1, 0.15) is 0 Å². The lowest BCUT2D eigenvalue weighted by atomic mass is 10.1. The zero-order chi connectivity index (χ0) is 13.2. The predicted molar refractivity (Wildman–Crippen MR) is 66.8 cm³/mol. The zero-order valence-electron chi connectivity index (χ0n) is 10.6. The predicted octanol–water partition coefficient (Wildman–Crippen LogP) is 2.52.